The zero-order valence-corrected chi connectivity index (χ0v) is 6.30. The maximum Gasteiger partial charge on any atom is 0.307 e. The van der Waals surface area contributed by atoms with Crippen LogP contribution in [0, 0.1) is 0 Å². The summed E-state index contributed by atoms with van der Waals surface area (Å²) in [5.41, 5.74) is 0. The molecule has 0 aliphatic rings. The van der Waals surface area contributed by atoms with Crippen molar-refractivity contribution >= 4 is 26.2 Å². The van der Waals surface area contributed by atoms with Gasteiger partial charge < -0.3 is 0 Å². The molecule has 0 fully saturated rings. The second-order valence-corrected chi connectivity index (χ2v) is 3.69. The molecular formula is C3H4BrFO2S. The van der Waals surface area contributed by atoms with Gasteiger partial charge in [-0.25, -0.2) is 0 Å². The molecule has 0 aliphatic heterocycles. The van der Waals surface area contributed by atoms with Gasteiger partial charge in [0.25, 0.3) is 0 Å². The molecule has 48 valence electrons. The van der Waals surface area contributed by atoms with Crippen LogP contribution in [0.25, 0.3) is 0 Å². The number of hydrogen-bond acceptors (Lipinski definition) is 2. The first-order chi connectivity index (χ1) is 3.42. The van der Waals surface area contributed by atoms with E-state index >= 15 is 0 Å². The third kappa shape index (κ3) is 6.10. The van der Waals surface area contributed by atoms with Crippen LogP contribution < -0.4 is 0 Å². The van der Waals surface area contributed by atoms with Crippen LogP contribution in [0.15, 0.2) is 11.1 Å². The van der Waals surface area contributed by atoms with Crippen LogP contribution in [0.2, 0.25) is 0 Å². The van der Waals surface area contributed by atoms with Gasteiger partial charge in [-0.2, -0.15) is 8.42 Å². The highest BCUT2D eigenvalue weighted by Gasteiger charge is 2.06. The summed E-state index contributed by atoms with van der Waals surface area (Å²) in [4.78, 5) is 0. The maximum absolute atomic E-state index is 11.5. The lowest BCUT2D eigenvalue weighted by Crippen LogP contribution is -1.95. The van der Waals surface area contributed by atoms with Crippen molar-refractivity contribution in [3.05, 3.63) is 11.1 Å². The van der Waals surface area contributed by atoms with Crippen molar-refractivity contribution < 1.29 is 12.3 Å². The van der Waals surface area contributed by atoms with Gasteiger partial charge in [0, 0.05) is 4.48 Å². The predicted octanol–water partition coefficient (Wildman–Crippen LogP) is 1.19. The van der Waals surface area contributed by atoms with Gasteiger partial charge in [0.15, 0.2) is 0 Å². The van der Waals surface area contributed by atoms with E-state index in [2.05, 4.69) is 22.5 Å². The summed E-state index contributed by atoms with van der Waals surface area (Å²) in [6.45, 7) is 3.14. The lowest BCUT2D eigenvalue weighted by atomic mass is 10.8. The number of halogens is 2. The van der Waals surface area contributed by atoms with Gasteiger partial charge >= 0.3 is 10.2 Å². The number of hydrogen-bond donors (Lipinski definition) is 0. The molecule has 0 heterocycles. The van der Waals surface area contributed by atoms with E-state index in [9.17, 15) is 12.3 Å². The van der Waals surface area contributed by atoms with Crippen molar-refractivity contribution in [2.45, 2.75) is 0 Å². The Labute approximate surface area is 55.7 Å². The van der Waals surface area contributed by atoms with Crippen LogP contribution in [0.4, 0.5) is 3.89 Å². The van der Waals surface area contributed by atoms with E-state index in [4.69, 9.17) is 0 Å². The van der Waals surface area contributed by atoms with Crippen molar-refractivity contribution in [1.82, 2.24) is 0 Å². The van der Waals surface area contributed by atoms with Gasteiger partial charge in [-0.1, -0.05) is 22.5 Å². The number of rotatable bonds is 2. The van der Waals surface area contributed by atoms with Crippen LogP contribution >= 0.6 is 15.9 Å². The molecule has 0 aromatic rings. The minimum absolute atomic E-state index is 0.125. The molecule has 0 rings (SSSR count). The maximum atomic E-state index is 11.5. The Morgan fingerprint density at radius 3 is 2.12 bits per heavy atom. The van der Waals surface area contributed by atoms with Crippen LogP contribution in [-0.2, 0) is 10.2 Å². The van der Waals surface area contributed by atoms with Crippen LogP contribution in [0.3, 0.4) is 0 Å². The lowest BCUT2D eigenvalue weighted by molar-refractivity contribution is 0.555. The summed E-state index contributed by atoms with van der Waals surface area (Å²) >= 11 is 2.70. The molecule has 5 heteroatoms. The summed E-state index contributed by atoms with van der Waals surface area (Å²) in [7, 11) is -4.37. The first-order valence-corrected chi connectivity index (χ1v) is 4.02. The minimum atomic E-state index is -4.37. The van der Waals surface area contributed by atoms with Crippen molar-refractivity contribution in [3.63, 3.8) is 0 Å². The van der Waals surface area contributed by atoms with Crippen molar-refractivity contribution in [2.75, 3.05) is 5.75 Å². The summed E-state index contributed by atoms with van der Waals surface area (Å²) in [6.07, 6.45) is 0. The predicted molar refractivity (Wildman–Crippen MR) is 33.0 cm³/mol. The van der Waals surface area contributed by atoms with E-state index in [1.54, 1.807) is 0 Å². The summed E-state index contributed by atoms with van der Waals surface area (Å²) < 4.78 is 31.0. The van der Waals surface area contributed by atoms with Crippen molar-refractivity contribution in [2.24, 2.45) is 0 Å². The molecule has 0 atom stereocenters. The van der Waals surface area contributed by atoms with E-state index < -0.39 is 16.0 Å². The summed E-state index contributed by atoms with van der Waals surface area (Å²) in [5, 5.41) is 0. The van der Waals surface area contributed by atoms with Gasteiger partial charge in [-0.3, -0.25) is 0 Å². The average molecular weight is 203 g/mol. The fourth-order valence-corrected chi connectivity index (χ4v) is 1.38. The lowest BCUT2D eigenvalue weighted by Gasteiger charge is -1.86. The standard InChI is InChI=1S/C3H4BrFO2S/c1-3(4)2-8(5,6)7/h1-2H2. The molecule has 0 amide bonds. The van der Waals surface area contributed by atoms with Gasteiger partial charge in [0.2, 0.25) is 0 Å². The molecule has 0 radical (unpaired) electrons. The molecule has 0 saturated carbocycles. The third-order valence-corrected chi connectivity index (χ3v) is 1.67. The van der Waals surface area contributed by atoms with Crippen LogP contribution in [0.1, 0.15) is 0 Å². The largest absolute Gasteiger partial charge is 0.307 e. The average Bonchev–Trinajstić information content (AvgIpc) is 1.21. The van der Waals surface area contributed by atoms with E-state index in [0.717, 1.165) is 0 Å². The van der Waals surface area contributed by atoms with Gasteiger partial charge in [-0.15, -0.1) is 3.89 Å². The molecular weight excluding hydrogens is 199 g/mol. The second kappa shape index (κ2) is 2.59. The summed E-state index contributed by atoms with van der Waals surface area (Å²) in [6, 6.07) is 0. The molecule has 2 nitrogen and oxygen atoms in total. The van der Waals surface area contributed by atoms with E-state index in [-0.39, 0.29) is 4.48 Å². The zero-order chi connectivity index (χ0) is 6.78. The highest BCUT2D eigenvalue weighted by atomic mass is 79.9. The molecule has 0 bridgehead atoms. The summed E-state index contributed by atoms with van der Waals surface area (Å²) in [5.74, 6) is -0.646. The second-order valence-electron chi connectivity index (χ2n) is 1.20. The highest BCUT2D eigenvalue weighted by Crippen LogP contribution is 2.05. The van der Waals surface area contributed by atoms with E-state index in [1.165, 1.54) is 0 Å². The minimum Gasteiger partial charge on any atom is -0.194 e. The molecule has 8 heavy (non-hydrogen) atoms. The van der Waals surface area contributed by atoms with E-state index in [1.807, 2.05) is 0 Å². The molecule has 0 saturated heterocycles. The Bertz CT molecular complexity index is 183. The molecule has 0 N–H and O–H groups in total. The highest BCUT2D eigenvalue weighted by molar-refractivity contribution is 9.11. The quantitative estimate of drug-likeness (QED) is 0.631. The first-order valence-electron chi connectivity index (χ1n) is 1.67. The smallest absolute Gasteiger partial charge is 0.194 e. The Kier molecular flexibility index (Phi) is 2.62. The van der Waals surface area contributed by atoms with Gasteiger partial charge in [0.1, 0.15) is 5.75 Å². The SMILES string of the molecule is C=C(Br)CS(=O)(=O)F. The molecule has 0 unspecified atom stereocenters. The Morgan fingerprint density at radius 1 is 1.75 bits per heavy atom. The monoisotopic (exact) mass is 202 g/mol. The van der Waals surface area contributed by atoms with Crippen molar-refractivity contribution in [3.8, 4) is 0 Å². The fourth-order valence-electron chi connectivity index (χ4n) is 0.187. The third-order valence-electron chi connectivity index (χ3n) is 0.329. The van der Waals surface area contributed by atoms with Gasteiger partial charge in [-0.05, 0) is 0 Å². The first kappa shape index (κ1) is 8.10. The molecule has 0 spiro atoms. The Hall–Kier alpha value is 0.1000. The Morgan fingerprint density at radius 2 is 2.12 bits per heavy atom. The molecule has 0 aromatic carbocycles. The Balaban J connectivity index is 3.95. The zero-order valence-electron chi connectivity index (χ0n) is 3.89. The van der Waals surface area contributed by atoms with Gasteiger partial charge in [0.05, 0.1) is 0 Å². The topological polar surface area (TPSA) is 34.1 Å². The van der Waals surface area contributed by atoms with Crippen LogP contribution in [-0.4, -0.2) is 14.2 Å². The fraction of sp³-hybridized carbons (Fsp3) is 0.333. The molecule has 0 aliphatic carbocycles. The van der Waals surface area contributed by atoms with Crippen LogP contribution in [0.5, 0.6) is 0 Å². The van der Waals surface area contributed by atoms with Crippen molar-refractivity contribution in [1.29, 1.82) is 0 Å². The van der Waals surface area contributed by atoms with E-state index in [0.29, 0.717) is 0 Å². The molecule has 0 aromatic heterocycles. The normalized spacial score (nSPS) is 11.2.